The molecular formula is C23H27ClFNO3. The molecule has 4 nitrogen and oxygen atoms in total. The topological polar surface area (TPSA) is 59.4 Å². The third-order valence-corrected chi connectivity index (χ3v) is 4.37. The van der Waals surface area contributed by atoms with Crippen molar-refractivity contribution in [2.24, 2.45) is 0 Å². The van der Waals surface area contributed by atoms with E-state index in [9.17, 15) is 14.3 Å². The Hall–Kier alpha value is -2.40. The average Bonchev–Trinajstić information content (AvgIpc) is 2.62. The second-order valence-corrected chi connectivity index (χ2v) is 8.26. The van der Waals surface area contributed by atoms with Crippen molar-refractivity contribution in [3.63, 3.8) is 0 Å². The summed E-state index contributed by atoms with van der Waals surface area (Å²) in [4.78, 5) is 15.8. The van der Waals surface area contributed by atoms with Gasteiger partial charge >= 0.3 is 5.97 Å². The monoisotopic (exact) mass is 419 g/mol. The van der Waals surface area contributed by atoms with Crippen LogP contribution in [0.2, 0.25) is 5.02 Å². The van der Waals surface area contributed by atoms with Gasteiger partial charge in [-0.3, -0.25) is 9.78 Å². The van der Waals surface area contributed by atoms with E-state index in [2.05, 4.69) is 4.98 Å². The highest BCUT2D eigenvalue weighted by Crippen LogP contribution is 2.30. The number of allylic oxidation sites excluding steroid dienone is 1. The van der Waals surface area contributed by atoms with Gasteiger partial charge < -0.3 is 9.84 Å². The van der Waals surface area contributed by atoms with Gasteiger partial charge in [0.25, 0.3) is 0 Å². The molecule has 6 heteroatoms. The molecule has 2 aromatic rings. The number of carbonyl (C=O) groups is 1. The number of carbonyl (C=O) groups excluding carboxylic acids is 1. The molecule has 0 saturated carbocycles. The summed E-state index contributed by atoms with van der Waals surface area (Å²) in [6.07, 6.45) is 9.33. The lowest BCUT2D eigenvalue weighted by molar-refractivity contribution is -0.154. The first-order valence-corrected chi connectivity index (χ1v) is 10.1. The summed E-state index contributed by atoms with van der Waals surface area (Å²) in [5.74, 6) is -0.669. The summed E-state index contributed by atoms with van der Waals surface area (Å²) in [5.41, 5.74) is 0.926. The fourth-order valence-corrected chi connectivity index (χ4v) is 2.91. The molecule has 1 N–H and O–H groups in total. The lowest BCUT2D eigenvalue weighted by Crippen LogP contribution is -2.23. The van der Waals surface area contributed by atoms with E-state index in [-0.39, 0.29) is 22.4 Å². The molecule has 0 aliphatic heterocycles. The van der Waals surface area contributed by atoms with Crippen molar-refractivity contribution >= 4 is 23.6 Å². The molecule has 1 heterocycles. The van der Waals surface area contributed by atoms with Crippen LogP contribution in [0.1, 0.15) is 58.4 Å². The molecule has 0 saturated heterocycles. The van der Waals surface area contributed by atoms with E-state index in [0.717, 1.165) is 25.7 Å². The van der Waals surface area contributed by atoms with Crippen molar-refractivity contribution in [1.29, 1.82) is 0 Å². The largest absolute Gasteiger partial charge is 0.506 e. The van der Waals surface area contributed by atoms with Gasteiger partial charge in [0.1, 0.15) is 22.9 Å². The van der Waals surface area contributed by atoms with E-state index >= 15 is 0 Å². The predicted molar refractivity (Wildman–Crippen MR) is 114 cm³/mol. The van der Waals surface area contributed by atoms with Crippen molar-refractivity contribution in [3.05, 3.63) is 52.9 Å². The van der Waals surface area contributed by atoms with E-state index in [1.165, 1.54) is 18.2 Å². The van der Waals surface area contributed by atoms with Gasteiger partial charge in [0.2, 0.25) is 0 Å². The van der Waals surface area contributed by atoms with Gasteiger partial charge in [-0.1, -0.05) is 30.2 Å². The van der Waals surface area contributed by atoms with Crippen molar-refractivity contribution in [2.75, 3.05) is 0 Å². The number of phenols is 1. The lowest BCUT2D eigenvalue weighted by atomic mass is 10.1. The number of ether oxygens (including phenoxy) is 1. The van der Waals surface area contributed by atoms with Gasteiger partial charge in [-0.05, 0) is 69.9 Å². The standard InChI is InChI=1S/C23H27ClFNO3/c1-23(2,3)29-21(28)10-8-6-4-5-7-9-16-13-19(25)22(26-15-16)17-11-12-20(27)18(24)14-17/h7,9,11-15,27H,4-6,8,10H2,1-3H3/b9-7+. The number of aromatic nitrogens is 1. The van der Waals surface area contributed by atoms with Crippen molar-refractivity contribution in [1.82, 2.24) is 4.98 Å². The Morgan fingerprint density at radius 1 is 1.24 bits per heavy atom. The third-order valence-electron chi connectivity index (χ3n) is 4.07. The number of hydrogen-bond acceptors (Lipinski definition) is 4. The first-order valence-electron chi connectivity index (χ1n) is 9.68. The van der Waals surface area contributed by atoms with Crippen LogP contribution >= 0.6 is 11.6 Å². The molecule has 0 bridgehead atoms. The summed E-state index contributed by atoms with van der Waals surface area (Å²) in [6, 6.07) is 5.88. The van der Waals surface area contributed by atoms with Crippen LogP contribution in [0, 0.1) is 5.82 Å². The minimum Gasteiger partial charge on any atom is -0.506 e. The van der Waals surface area contributed by atoms with Crippen molar-refractivity contribution < 1.29 is 19.0 Å². The smallest absolute Gasteiger partial charge is 0.306 e. The minimum absolute atomic E-state index is 0.0542. The number of phenolic OH excluding ortho intramolecular Hbond substituents is 1. The average molecular weight is 420 g/mol. The Labute approximate surface area is 176 Å². The predicted octanol–water partition coefficient (Wildman–Crippen LogP) is 6.55. The maximum Gasteiger partial charge on any atom is 0.306 e. The van der Waals surface area contributed by atoms with E-state index in [1.54, 1.807) is 12.3 Å². The Morgan fingerprint density at radius 3 is 2.66 bits per heavy atom. The van der Waals surface area contributed by atoms with Crippen LogP contribution in [0.25, 0.3) is 17.3 Å². The van der Waals surface area contributed by atoms with Crippen LogP contribution in [-0.2, 0) is 9.53 Å². The SMILES string of the molecule is CC(C)(C)OC(=O)CCCCC/C=C/c1cnc(-c2ccc(O)c(Cl)c2)c(F)c1. The number of pyridine rings is 1. The van der Waals surface area contributed by atoms with E-state index < -0.39 is 11.4 Å². The Bertz CT molecular complexity index is 875. The van der Waals surface area contributed by atoms with Crippen molar-refractivity contribution in [2.45, 2.75) is 58.5 Å². The normalized spacial score (nSPS) is 11.8. The summed E-state index contributed by atoms with van der Waals surface area (Å²) in [7, 11) is 0. The minimum atomic E-state index is -0.453. The van der Waals surface area contributed by atoms with Crippen molar-refractivity contribution in [3.8, 4) is 17.0 Å². The highest BCUT2D eigenvalue weighted by molar-refractivity contribution is 6.32. The molecule has 2 rings (SSSR count). The molecule has 0 aliphatic carbocycles. The fraction of sp³-hybridized carbons (Fsp3) is 0.391. The number of benzene rings is 1. The van der Waals surface area contributed by atoms with Gasteiger partial charge in [0, 0.05) is 18.2 Å². The van der Waals surface area contributed by atoms with Crippen LogP contribution in [0.4, 0.5) is 4.39 Å². The fourth-order valence-electron chi connectivity index (χ4n) is 2.73. The quantitative estimate of drug-likeness (QED) is 0.389. The van der Waals surface area contributed by atoms with Crippen LogP contribution in [0.3, 0.4) is 0 Å². The zero-order valence-electron chi connectivity index (χ0n) is 17.0. The summed E-state index contributed by atoms with van der Waals surface area (Å²) in [5, 5.41) is 9.62. The van der Waals surface area contributed by atoms with E-state index in [4.69, 9.17) is 16.3 Å². The molecule has 1 aromatic heterocycles. The molecule has 0 unspecified atom stereocenters. The molecular weight excluding hydrogens is 393 g/mol. The number of halogens is 2. The lowest BCUT2D eigenvalue weighted by Gasteiger charge is -2.19. The molecule has 156 valence electrons. The van der Waals surface area contributed by atoms with E-state index in [1.807, 2.05) is 32.9 Å². The Morgan fingerprint density at radius 2 is 2.00 bits per heavy atom. The Kier molecular flexibility index (Phi) is 8.21. The van der Waals surface area contributed by atoms with Gasteiger partial charge in [-0.2, -0.15) is 0 Å². The first kappa shape index (κ1) is 22.9. The molecule has 1 aromatic carbocycles. The Balaban J connectivity index is 1.79. The summed E-state index contributed by atoms with van der Waals surface area (Å²) >= 11 is 5.88. The molecule has 0 aliphatic rings. The number of esters is 1. The highest BCUT2D eigenvalue weighted by Gasteiger charge is 2.15. The van der Waals surface area contributed by atoms with Gasteiger partial charge in [-0.25, -0.2) is 4.39 Å². The maximum absolute atomic E-state index is 14.4. The second-order valence-electron chi connectivity index (χ2n) is 7.85. The van der Waals surface area contributed by atoms with E-state index in [0.29, 0.717) is 17.5 Å². The third kappa shape index (κ3) is 7.86. The van der Waals surface area contributed by atoms with Crippen LogP contribution < -0.4 is 0 Å². The number of nitrogens with zero attached hydrogens (tertiary/aromatic N) is 1. The maximum atomic E-state index is 14.4. The first-order chi connectivity index (χ1) is 13.7. The summed E-state index contributed by atoms with van der Waals surface area (Å²) in [6.45, 7) is 5.58. The number of rotatable bonds is 8. The summed E-state index contributed by atoms with van der Waals surface area (Å²) < 4.78 is 19.7. The number of unbranched alkanes of at least 4 members (excludes halogenated alkanes) is 3. The molecule has 29 heavy (non-hydrogen) atoms. The van der Waals surface area contributed by atoms with Crippen LogP contribution in [0.15, 0.2) is 36.5 Å². The molecule has 0 fully saturated rings. The molecule has 0 radical (unpaired) electrons. The second kappa shape index (κ2) is 10.4. The zero-order valence-corrected chi connectivity index (χ0v) is 17.8. The van der Waals surface area contributed by atoms with Gasteiger partial charge in [0.05, 0.1) is 5.02 Å². The number of hydrogen-bond donors (Lipinski definition) is 1. The molecule has 0 amide bonds. The zero-order chi connectivity index (χ0) is 21.4. The van der Waals surface area contributed by atoms with Crippen LogP contribution in [0.5, 0.6) is 5.75 Å². The van der Waals surface area contributed by atoms with Gasteiger partial charge in [-0.15, -0.1) is 0 Å². The molecule has 0 spiro atoms. The molecule has 0 atom stereocenters. The number of aromatic hydroxyl groups is 1. The van der Waals surface area contributed by atoms with Gasteiger partial charge in [0.15, 0.2) is 0 Å². The van der Waals surface area contributed by atoms with Crippen LogP contribution in [-0.4, -0.2) is 21.7 Å². The highest BCUT2D eigenvalue weighted by atomic mass is 35.5.